The van der Waals surface area contributed by atoms with Gasteiger partial charge in [0.15, 0.2) is 6.10 Å². The summed E-state index contributed by atoms with van der Waals surface area (Å²) >= 11 is 0. The first-order chi connectivity index (χ1) is 9.69. The van der Waals surface area contributed by atoms with E-state index in [2.05, 4.69) is 0 Å². The Morgan fingerprint density at radius 3 is 2.20 bits per heavy atom. The lowest BCUT2D eigenvalue weighted by Gasteiger charge is -2.15. The molecule has 0 heterocycles. The van der Waals surface area contributed by atoms with Crippen molar-refractivity contribution < 1.29 is 19.4 Å². The molecule has 4 heteroatoms. The van der Waals surface area contributed by atoms with Crippen molar-refractivity contribution in [1.82, 2.24) is 0 Å². The molecule has 0 amide bonds. The minimum atomic E-state index is -0.982. The Bertz CT molecular complexity index is 548. The minimum absolute atomic E-state index is 0.322. The van der Waals surface area contributed by atoms with Gasteiger partial charge in [0, 0.05) is 6.42 Å². The summed E-state index contributed by atoms with van der Waals surface area (Å²) in [5.41, 5.74) is 0.924. The summed E-state index contributed by atoms with van der Waals surface area (Å²) in [5, 5.41) is 9.25. The topological polar surface area (TPSA) is 55.8 Å². The molecule has 0 unspecified atom stereocenters. The monoisotopic (exact) mass is 272 g/mol. The van der Waals surface area contributed by atoms with E-state index >= 15 is 0 Å². The van der Waals surface area contributed by atoms with E-state index < -0.39 is 12.1 Å². The maximum Gasteiger partial charge on any atom is 0.345 e. The molecule has 0 aromatic heterocycles. The van der Waals surface area contributed by atoms with E-state index in [9.17, 15) is 9.90 Å². The lowest BCUT2D eigenvalue weighted by molar-refractivity contribution is -0.145. The Morgan fingerprint density at radius 2 is 1.65 bits per heavy atom. The number of rotatable bonds is 6. The first kappa shape index (κ1) is 13.9. The molecular formula is C16H16O4. The minimum Gasteiger partial charge on any atom is -0.497 e. The standard InChI is InChI=1S/C16H16O4/c1-19-13-7-9-14(10-8-13)20-15(16(17)18)11-12-5-3-2-4-6-12/h2-10,15H,11H2,1H3,(H,17,18)/t15-/m1/s1. The molecule has 0 spiro atoms. The van der Waals surface area contributed by atoms with Crippen molar-refractivity contribution >= 4 is 5.97 Å². The van der Waals surface area contributed by atoms with Crippen LogP contribution in [0.2, 0.25) is 0 Å². The Labute approximate surface area is 117 Å². The van der Waals surface area contributed by atoms with Gasteiger partial charge in [-0.25, -0.2) is 4.79 Å². The highest BCUT2D eigenvalue weighted by molar-refractivity contribution is 5.73. The molecule has 20 heavy (non-hydrogen) atoms. The van der Waals surface area contributed by atoms with Crippen molar-refractivity contribution in [3.05, 3.63) is 60.2 Å². The molecule has 104 valence electrons. The zero-order valence-corrected chi connectivity index (χ0v) is 11.2. The number of carboxylic acids is 1. The molecule has 0 saturated heterocycles. The Morgan fingerprint density at radius 1 is 1.05 bits per heavy atom. The molecule has 0 radical (unpaired) electrons. The fraction of sp³-hybridized carbons (Fsp3) is 0.188. The molecule has 2 aromatic rings. The van der Waals surface area contributed by atoms with Gasteiger partial charge in [-0.3, -0.25) is 0 Å². The van der Waals surface area contributed by atoms with Gasteiger partial charge >= 0.3 is 5.97 Å². The SMILES string of the molecule is COc1ccc(O[C@H](Cc2ccccc2)C(=O)O)cc1. The summed E-state index contributed by atoms with van der Waals surface area (Å²) in [4.78, 5) is 11.3. The third-order valence-electron chi connectivity index (χ3n) is 2.88. The highest BCUT2D eigenvalue weighted by Gasteiger charge is 2.19. The van der Waals surface area contributed by atoms with Crippen LogP contribution in [0.5, 0.6) is 11.5 Å². The number of hydrogen-bond donors (Lipinski definition) is 1. The van der Waals surface area contributed by atoms with Gasteiger partial charge in [-0.05, 0) is 29.8 Å². The number of carbonyl (C=O) groups is 1. The largest absolute Gasteiger partial charge is 0.497 e. The summed E-state index contributed by atoms with van der Waals surface area (Å²) in [6.07, 6.45) is -0.590. The second kappa shape index (κ2) is 6.61. The molecule has 0 bridgehead atoms. The molecule has 1 N–H and O–H groups in total. The second-order valence-corrected chi connectivity index (χ2v) is 4.31. The van der Waals surface area contributed by atoms with Crippen LogP contribution in [-0.2, 0) is 11.2 Å². The van der Waals surface area contributed by atoms with Crippen LogP contribution in [0.3, 0.4) is 0 Å². The summed E-state index contributed by atoms with van der Waals surface area (Å²) in [7, 11) is 1.57. The highest BCUT2D eigenvalue weighted by Crippen LogP contribution is 2.19. The zero-order valence-electron chi connectivity index (χ0n) is 11.2. The van der Waals surface area contributed by atoms with Crippen LogP contribution in [0.25, 0.3) is 0 Å². The molecule has 2 aromatic carbocycles. The van der Waals surface area contributed by atoms with Gasteiger partial charge in [-0.2, -0.15) is 0 Å². The van der Waals surface area contributed by atoms with Crippen LogP contribution in [0.15, 0.2) is 54.6 Å². The molecule has 4 nitrogen and oxygen atoms in total. The zero-order chi connectivity index (χ0) is 14.4. The first-order valence-electron chi connectivity index (χ1n) is 6.26. The van der Waals surface area contributed by atoms with Crippen molar-refractivity contribution in [3.8, 4) is 11.5 Å². The highest BCUT2D eigenvalue weighted by atomic mass is 16.5. The van der Waals surface area contributed by atoms with Crippen LogP contribution in [-0.4, -0.2) is 24.3 Å². The van der Waals surface area contributed by atoms with Crippen LogP contribution in [0.1, 0.15) is 5.56 Å². The quantitative estimate of drug-likeness (QED) is 0.878. The predicted octanol–water partition coefficient (Wildman–Crippen LogP) is 2.77. The Balaban J connectivity index is 2.07. The van der Waals surface area contributed by atoms with Crippen molar-refractivity contribution in [3.63, 3.8) is 0 Å². The molecule has 0 aliphatic heterocycles. The molecule has 0 aliphatic carbocycles. The van der Waals surface area contributed by atoms with E-state index in [0.717, 1.165) is 5.56 Å². The lowest BCUT2D eigenvalue weighted by Crippen LogP contribution is -2.29. The van der Waals surface area contributed by atoms with E-state index in [1.54, 1.807) is 31.4 Å². The average molecular weight is 272 g/mol. The lowest BCUT2D eigenvalue weighted by atomic mass is 10.1. The van der Waals surface area contributed by atoms with Gasteiger partial charge in [0.25, 0.3) is 0 Å². The van der Waals surface area contributed by atoms with Crippen LogP contribution >= 0.6 is 0 Å². The molecule has 0 fully saturated rings. The van der Waals surface area contributed by atoms with Gasteiger partial charge in [0.2, 0.25) is 0 Å². The van der Waals surface area contributed by atoms with Crippen molar-refractivity contribution in [2.24, 2.45) is 0 Å². The predicted molar refractivity (Wildman–Crippen MR) is 75.2 cm³/mol. The third-order valence-corrected chi connectivity index (χ3v) is 2.88. The smallest absolute Gasteiger partial charge is 0.345 e. The van der Waals surface area contributed by atoms with Gasteiger partial charge in [-0.1, -0.05) is 30.3 Å². The third kappa shape index (κ3) is 3.75. The van der Waals surface area contributed by atoms with Gasteiger partial charge in [-0.15, -0.1) is 0 Å². The molecule has 1 atom stereocenters. The Kier molecular flexibility index (Phi) is 4.60. The fourth-order valence-corrected chi connectivity index (χ4v) is 1.83. The number of carboxylic acid groups (broad SMARTS) is 1. The first-order valence-corrected chi connectivity index (χ1v) is 6.26. The Hall–Kier alpha value is -2.49. The fourth-order valence-electron chi connectivity index (χ4n) is 1.83. The van der Waals surface area contributed by atoms with Crippen molar-refractivity contribution in [1.29, 1.82) is 0 Å². The maximum absolute atomic E-state index is 11.3. The van der Waals surface area contributed by atoms with Crippen LogP contribution in [0, 0.1) is 0 Å². The summed E-state index contributed by atoms with van der Waals surface area (Å²) in [6, 6.07) is 16.3. The molecular weight excluding hydrogens is 256 g/mol. The van der Waals surface area contributed by atoms with E-state index in [0.29, 0.717) is 17.9 Å². The maximum atomic E-state index is 11.3. The number of benzene rings is 2. The van der Waals surface area contributed by atoms with Gasteiger partial charge < -0.3 is 14.6 Å². The van der Waals surface area contributed by atoms with Crippen LogP contribution in [0.4, 0.5) is 0 Å². The number of aliphatic carboxylic acids is 1. The average Bonchev–Trinajstić information content (AvgIpc) is 2.48. The van der Waals surface area contributed by atoms with E-state index in [4.69, 9.17) is 9.47 Å². The van der Waals surface area contributed by atoms with Crippen molar-refractivity contribution in [2.75, 3.05) is 7.11 Å². The molecule has 2 rings (SSSR count). The normalized spacial score (nSPS) is 11.7. The van der Waals surface area contributed by atoms with E-state index in [1.165, 1.54) is 0 Å². The second-order valence-electron chi connectivity index (χ2n) is 4.31. The van der Waals surface area contributed by atoms with Gasteiger partial charge in [0.1, 0.15) is 11.5 Å². The number of methoxy groups -OCH3 is 1. The van der Waals surface area contributed by atoms with Crippen LogP contribution < -0.4 is 9.47 Å². The molecule has 0 saturated carbocycles. The summed E-state index contributed by atoms with van der Waals surface area (Å²) < 4.78 is 10.6. The summed E-state index contributed by atoms with van der Waals surface area (Å²) in [6.45, 7) is 0. The number of hydrogen-bond acceptors (Lipinski definition) is 3. The van der Waals surface area contributed by atoms with Crippen molar-refractivity contribution in [2.45, 2.75) is 12.5 Å². The number of ether oxygens (including phenoxy) is 2. The van der Waals surface area contributed by atoms with Gasteiger partial charge in [0.05, 0.1) is 7.11 Å². The van der Waals surface area contributed by atoms with E-state index in [-0.39, 0.29) is 0 Å². The molecule has 0 aliphatic rings. The van der Waals surface area contributed by atoms with E-state index in [1.807, 2.05) is 30.3 Å². The summed E-state index contributed by atoms with van der Waals surface area (Å²) in [5.74, 6) is 0.228.